The fraction of sp³-hybridized carbons (Fsp3) is 0. The molecule has 3 rings (SSSR count). The van der Waals surface area contributed by atoms with Crippen LogP contribution in [0.3, 0.4) is 0 Å². The zero-order valence-electron chi connectivity index (χ0n) is 9.89. The fourth-order valence-corrected chi connectivity index (χ4v) is 2.32. The summed E-state index contributed by atoms with van der Waals surface area (Å²) < 4.78 is 6.61. The summed E-state index contributed by atoms with van der Waals surface area (Å²) in [5, 5.41) is 0.557. The highest BCUT2D eigenvalue weighted by Crippen LogP contribution is 2.25. The first-order valence-corrected chi connectivity index (χ1v) is 6.52. The van der Waals surface area contributed by atoms with Gasteiger partial charge in [-0.1, -0.05) is 28.1 Å². The van der Waals surface area contributed by atoms with E-state index in [1.54, 1.807) is 24.3 Å². The predicted molar refractivity (Wildman–Crippen MR) is 80.0 cm³/mol. The van der Waals surface area contributed by atoms with Crippen LogP contribution in [-0.4, -0.2) is 0 Å². The van der Waals surface area contributed by atoms with Gasteiger partial charge in [0.2, 0.25) is 0 Å². The van der Waals surface area contributed by atoms with Crippen LogP contribution in [0.15, 0.2) is 62.2 Å². The molecule has 0 aliphatic heterocycles. The lowest BCUT2D eigenvalue weighted by Crippen LogP contribution is -2.00. The number of benzene rings is 2. The zero-order valence-corrected chi connectivity index (χ0v) is 11.5. The SMILES string of the molecule is Nc1cccc(-c2cc(=O)c3cc(Br)ccc3o2)c1. The number of fused-ring (bicyclic) bond motifs is 1. The van der Waals surface area contributed by atoms with Crippen LogP contribution in [0.5, 0.6) is 0 Å². The van der Waals surface area contributed by atoms with E-state index in [1.165, 1.54) is 6.07 Å². The predicted octanol–water partition coefficient (Wildman–Crippen LogP) is 3.80. The molecule has 0 saturated carbocycles. The maximum Gasteiger partial charge on any atom is 0.193 e. The Kier molecular flexibility index (Phi) is 2.87. The maximum absolute atomic E-state index is 12.1. The molecule has 94 valence electrons. The molecule has 3 aromatic rings. The molecule has 4 heteroatoms. The Morgan fingerprint density at radius 3 is 2.68 bits per heavy atom. The molecule has 1 heterocycles. The molecule has 0 aliphatic carbocycles. The van der Waals surface area contributed by atoms with Crippen molar-refractivity contribution in [3.8, 4) is 11.3 Å². The molecule has 3 nitrogen and oxygen atoms in total. The number of halogens is 1. The molecule has 19 heavy (non-hydrogen) atoms. The van der Waals surface area contributed by atoms with Gasteiger partial charge in [-0.15, -0.1) is 0 Å². The van der Waals surface area contributed by atoms with Crippen LogP contribution in [0.4, 0.5) is 5.69 Å². The molecule has 0 atom stereocenters. The van der Waals surface area contributed by atoms with Crippen molar-refractivity contribution >= 4 is 32.6 Å². The summed E-state index contributed by atoms with van der Waals surface area (Å²) in [7, 11) is 0. The topological polar surface area (TPSA) is 56.2 Å². The average molecular weight is 316 g/mol. The van der Waals surface area contributed by atoms with E-state index >= 15 is 0 Å². The van der Waals surface area contributed by atoms with Crippen molar-refractivity contribution in [2.24, 2.45) is 0 Å². The summed E-state index contributed by atoms with van der Waals surface area (Å²) in [4.78, 5) is 12.1. The molecular weight excluding hydrogens is 306 g/mol. The normalized spacial score (nSPS) is 10.8. The Morgan fingerprint density at radius 1 is 1.05 bits per heavy atom. The summed E-state index contributed by atoms with van der Waals surface area (Å²) in [6.45, 7) is 0. The third kappa shape index (κ3) is 2.27. The van der Waals surface area contributed by atoms with Crippen molar-refractivity contribution < 1.29 is 4.42 Å². The van der Waals surface area contributed by atoms with E-state index in [9.17, 15) is 4.79 Å². The summed E-state index contributed by atoms with van der Waals surface area (Å²) in [5.41, 5.74) is 7.66. The van der Waals surface area contributed by atoms with Crippen LogP contribution < -0.4 is 11.2 Å². The van der Waals surface area contributed by atoms with Crippen LogP contribution in [0.2, 0.25) is 0 Å². The Balaban J connectivity index is 2.27. The molecule has 1 aromatic heterocycles. The first kappa shape index (κ1) is 12.0. The van der Waals surface area contributed by atoms with E-state index in [2.05, 4.69) is 15.9 Å². The second-order valence-electron chi connectivity index (χ2n) is 4.24. The van der Waals surface area contributed by atoms with Crippen molar-refractivity contribution in [3.05, 3.63) is 63.2 Å². The molecule has 2 N–H and O–H groups in total. The highest BCUT2D eigenvalue weighted by molar-refractivity contribution is 9.10. The van der Waals surface area contributed by atoms with Gasteiger partial charge in [0.25, 0.3) is 0 Å². The van der Waals surface area contributed by atoms with Gasteiger partial charge in [-0.3, -0.25) is 4.79 Å². The van der Waals surface area contributed by atoms with Gasteiger partial charge in [0.15, 0.2) is 5.43 Å². The van der Waals surface area contributed by atoms with E-state index in [1.807, 2.05) is 18.2 Å². The van der Waals surface area contributed by atoms with Crippen molar-refractivity contribution in [2.45, 2.75) is 0 Å². The Labute approximate surface area is 117 Å². The van der Waals surface area contributed by atoms with Crippen LogP contribution in [0.25, 0.3) is 22.3 Å². The number of anilines is 1. The number of hydrogen-bond acceptors (Lipinski definition) is 3. The van der Waals surface area contributed by atoms with E-state index in [0.717, 1.165) is 10.0 Å². The lowest BCUT2D eigenvalue weighted by molar-refractivity contribution is 0.619. The molecule has 2 aromatic carbocycles. The average Bonchev–Trinajstić information content (AvgIpc) is 2.39. The van der Waals surface area contributed by atoms with Crippen molar-refractivity contribution in [1.29, 1.82) is 0 Å². The monoisotopic (exact) mass is 315 g/mol. The molecule has 0 fully saturated rings. The second kappa shape index (κ2) is 4.55. The third-order valence-corrected chi connectivity index (χ3v) is 3.35. The van der Waals surface area contributed by atoms with Crippen LogP contribution in [0.1, 0.15) is 0 Å². The van der Waals surface area contributed by atoms with E-state index in [0.29, 0.717) is 22.4 Å². The Hall–Kier alpha value is -2.07. The number of rotatable bonds is 1. The summed E-state index contributed by atoms with van der Waals surface area (Å²) in [5.74, 6) is 0.520. The van der Waals surface area contributed by atoms with Gasteiger partial charge in [-0.2, -0.15) is 0 Å². The third-order valence-electron chi connectivity index (χ3n) is 2.86. The van der Waals surface area contributed by atoms with Crippen molar-refractivity contribution in [2.75, 3.05) is 5.73 Å². The molecule has 0 saturated heterocycles. The lowest BCUT2D eigenvalue weighted by Gasteiger charge is -2.04. The largest absolute Gasteiger partial charge is 0.456 e. The van der Waals surface area contributed by atoms with Gasteiger partial charge in [0.05, 0.1) is 5.39 Å². The number of nitrogens with two attached hydrogens (primary N) is 1. The number of nitrogen functional groups attached to an aromatic ring is 1. The molecule has 0 radical (unpaired) electrons. The highest BCUT2D eigenvalue weighted by atomic mass is 79.9. The smallest absolute Gasteiger partial charge is 0.193 e. The maximum atomic E-state index is 12.1. The zero-order chi connectivity index (χ0) is 13.4. The van der Waals surface area contributed by atoms with Crippen LogP contribution in [0, 0.1) is 0 Å². The van der Waals surface area contributed by atoms with E-state index < -0.39 is 0 Å². The summed E-state index contributed by atoms with van der Waals surface area (Å²) in [6.07, 6.45) is 0. The fourth-order valence-electron chi connectivity index (χ4n) is 1.96. The first-order chi connectivity index (χ1) is 9.13. The van der Waals surface area contributed by atoms with Gasteiger partial charge in [-0.05, 0) is 30.3 Å². The van der Waals surface area contributed by atoms with Crippen LogP contribution in [-0.2, 0) is 0 Å². The molecule has 0 unspecified atom stereocenters. The molecular formula is C15H10BrNO2. The van der Waals surface area contributed by atoms with Crippen molar-refractivity contribution in [3.63, 3.8) is 0 Å². The van der Waals surface area contributed by atoms with Crippen molar-refractivity contribution in [1.82, 2.24) is 0 Å². The van der Waals surface area contributed by atoms with Gasteiger partial charge in [-0.25, -0.2) is 0 Å². The quantitative estimate of drug-likeness (QED) is 0.695. The van der Waals surface area contributed by atoms with Gasteiger partial charge < -0.3 is 10.2 Å². The van der Waals surface area contributed by atoms with Gasteiger partial charge in [0, 0.05) is 21.8 Å². The second-order valence-corrected chi connectivity index (χ2v) is 5.16. The molecule has 0 spiro atoms. The Bertz CT molecular complexity index is 824. The number of hydrogen-bond donors (Lipinski definition) is 1. The molecule has 0 amide bonds. The highest BCUT2D eigenvalue weighted by Gasteiger charge is 2.07. The summed E-state index contributed by atoms with van der Waals surface area (Å²) in [6, 6.07) is 14.1. The van der Waals surface area contributed by atoms with E-state index in [4.69, 9.17) is 10.2 Å². The van der Waals surface area contributed by atoms with Gasteiger partial charge in [0.1, 0.15) is 11.3 Å². The molecule has 0 bridgehead atoms. The van der Waals surface area contributed by atoms with E-state index in [-0.39, 0.29) is 5.43 Å². The lowest BCUT2D eigenvalue weighted by atomic mass is 10.1. The first-order valence-electron chi connectivity index (χ1n) is 5.73. The van der Waals surface area contributed by atoms with Crippen LogP contribution >= 0.6 is 15.9 Å². The summed E-state index contributed by atoms with van der Waals surface area (Å²) >= 11 is 3.34. The minimum absolute atomic E-state index is 0.0695. The minimum atomic E-state index is -0.0695. The van der Waals surface area contributed by atoms with Gasteiger partial charge >= 0.3 is 0 Å². The Morgan fingerprint density at radius 2 is 1.89 bits per heavy atom. The minimum Gasteiger partial charge on any atom is -0.456 e. The standard InChI is InChI=1S/C15H10BrNO2/c16-10-4-5-14-12(7-10)13(18)8-15(19-14)9-2-1-3-11(17)6-9/h1-8H,17H2. The molecule has 0 aliphatic rings.